The van der Waals surface area contributed by atoms with Crippen molar-refractivity contribution in [3.05, 3.63) is 31.5 Å². The van der Waals surface area contributed by atoms with Gasteiger partial charge in [-0.2, -0.15) is 0 Å². The summed E-state index contributed by atoms with van der Waals surface area (Å²) in [6.45, 7) is 9.62. The fourth-order valence-electron chi connectivity index (χ4n) is 2.43. The third-order valence-corrected chi connectivity index (χ3v) is 5.01. The van der Waals surface area contributed by atoms with Gasteiger partial charge in [0.05, 0.1) is 13.3 Å². The molecule has 0 aliphatic heterocycles. The van der Waals surface area contributed by atoms with Gasteiger partial charge in [-0.25, -0.2) is 47.7 Å². The molecule has 4 amide bonds. The quantitative estimate of drug-likeness (QED) is 0.301. The number of nitrogens with zero attached hydrogens (tertiary/aromatic N) is 6. The molecule has 0 radical (unpaired) electrons. The van der Waals surface area contributed by atoms with E-state index in [9.17, 15) is 24.0 Å². The minimum atomic E-state index is -1.01. The van der Waals surface area contributed by atoms with Crippen LogP contribution in [0.2, 0.25) is 0 Å². The average Bonchev–Trinajstić information content (AvgIpc) is 2.82. The number of amides is 4. The summed E-state index contributed by atoms with van der Waals surface area (Å²) in [5.41, 5.74) is -0.886. The number of urea groups is 2. The molecule has 0 saturated heterocycles. The Labute approximate surface area is 202 Å². The molecule has 0 aliphatic carbocycles. The fraction of sp³-hybridized carbons (Fsp3) is 0.619. The molecule has 0 saturated carbocycles. The Kier molecular flexibility index (Phi) is 12.2. The summed E-state index contributed by atoms with van der Waals surface area (Å²) >= 11 is 0. The summed E-state index contributed by atoms with van der Waals surface area (Å²) in [5.74, 6) is 0. The molecule has 0 atom stereocenters. The summed E-state index contributed by atoms with van der Waals surface area (Å²) in [4.78, 5) is 74.5. The zero-order valence-electron chi connectivity index (χ0n) is 21.2. The number of hydrogen-bond donors (Lipinski definition) is 3. The van der Waals surface area contributed by atoms with Crippen LogP contribution in [0.1, 0.15) is 60.8 Å². The van der Waals surface area contributed by atoms with Gasteiger partial charge in [0, 0.05) is 17.1 Å². The van der Waals surface area contributed by atoms with Crippen molar-refractivity contribution in [3.8, 4) is 0 Å². The van der Waals surface area contributed by atoms with Crippen LogP contribution in [0.15, 0.2) is 29.4 Å². The van der Waals surface area contributed by atoms with Crippen LogP contribution in [-0.2, 0) is 20.0 Å². The highest BCUT2D eigenvalue weighted by Crippen LogP contribution is 1.87. The van der Waals surface area contributed by atoms with Crippen molar-refractivity contribution in [2.75, 3.05) is 6.67 Å². The van der Waals surface area contributed by atoms with Gasteiger partial charge in [-0.1, -0.05) is 20.8 Å². The van der Waals surface area contributed by atoms with E-state index >= 15 is 0 Å². The second-order valence-electron chi connectivity index (χ2n) is 7.63. The molecule has 0 unspecified atom stereocenters. The van der Waals surface area contributed by atoms with Crippen molar-refractivity contribution in [2.45, 2.75) is 80.8 Å². The lowest BCUT2D eigenvalue weighted by Crippen LogP contribution is -2.58. The third-order valence-electron chi connectivity index (χ3n) is 5.01. The molecule has 1 aromatic rings. The highest BCUT2D eigenvalue weighted by molar-refractivity contribution is 5.93. The van der Waals surface area contributed by atoms with Crippen LogP contribution in [0.5, 0.6) is 0 Å². The predicted octanol–water partition coefficient (Wildman–Crippen LogP) is 0.623. The van der Waals surface area contributed by atoms with Crippen molar-refractivity contribution < 1.29 is 9.59 Å². The number of aliphatic imine (C=N–C) groups is 3. The first-order valence-corrected chi connectivity index (χ1v) is 11.3. The molecule has 0 aliphatic rings. The van der Waals surface area contributed by atoms with E-state index in [1.165, 1.54) is 0 Å². The topological polar surface area (TPSA) is 173 Å². The minimum Gasteiger partial charge on any atom is -0.318 e. The molecule has 1 aromatic heterocycles. The third kappa shape index (κ3) is 9.23. The van der Waals surface area contributed by atoms with Crippen molar-refractivity contribution in [3.63, 3.8) is 0 Å². The first-order chi connectivity index (χ1) is 16.5. The van der Waals surface area contributed by atoms with E-state index in [1.54, 1.807) is 13.8 Å². The molecule has 35 heavy (non-hydrogen) atoms. The lowest BCUT2D eigenvalue weighted by molar-refractivity contribution is 0.244. The highest BCUT2D eigenvalue weighted by atomic mass is 16.2. The van der Waals surface area contributed by atoms with Crippen molar-refractivity contribution in [1.29, 1.82) is 0 Å². The second-order valence-corrected chi connectivity index (χ2v) is 7.63. The summed E-state index contributed by atoms with van der Waals surface area (Å²) in [6.07, 6.45) is 1.85. The van der Waals surface area contributed by atoms with Gasteiger partial charge in [0.15, 0.2) is 0 Å². The van der Waals surface area contributed by atoms with E-state index in [4.69, 9.17) is 0 Å². The van der Waals surface area contributed by atoms with E-state index in [0.29, 0.717) is 33.4 Å². The molecule has 14 heteroatoms. The molecule has 0 spiro atoms. The Balaban J connectivity index is 3.33. The van der Waals surface area contributed by atoms with Gasteiger partial charge < -0.3 is 10.6 Å². The second kappa shape index (κ2) is 14.6. The maximum Gasteiger partial charge on any atom is 0.342 e. The molecular formula is C21H35N9O5. The lowest BCUT2D eigenvalue weighted by atomic mass is 10.3. The maximum atomic E-state index is 12.9. The fourth-order valence-corrected chi connectivity index (χ4v) is 2.43. The zero-order chi connectivity index (χ0) is 26.5. The summed E-state index contributed by atoms with van der Waals surface area (Å²) < 4.78 is 2.12. The molecule has 0 bridgehead atoms. The predicted molar refractivity (Wildman–Crippen MR) is 134 cm³/mol. The maximum absolute atomic E-state index is 12.9. The summed E-state index contributed by atoms with van der Waals surface area (Å²) in [7, 11) is 0. The Morgan fingerprint density at radius 1 is 0.657 bits per heavy atom. The van der Waals surface area contributed by atoms with Crippen LogP contribution in [0, 0.1) is 0 Å². The number of rotatable bonds is 11. The highest BCUT2D eigenvalue weighted by Gasteiger charge is 2.16. The molecule has 0 aromatic carbocycles. The number of carbonyl (C=O) groups excluding carboxylic acids is 2. The summed E-state index contributed by atoms with van der Waals surface area (Å²) in [5, 5.41) is 7.58. The van der Waals surface area contributed by atoms with Crippen LogP contribution in [0.25, 0.3) is 0 Å². The standard InChI is InChI=1S/C21H35N9O5/c1-7-14(4)23-10-22-11-28-19(33)29(12-24-17(31)26-15(5)8-2)21(35)30(20(28)34)13-25-18(32)27-16(6)9-3/h22H,7-13H2,1-6H3,(H,24,31)(H,25,32). The first-order valence-electron chi connectivity index (χ1n) is 11.3. The Morgan fingerprint density at radius 3 is 1.40 bits per heavy atom. The first kappa shape index (κ1) is 29.4. The minimum absolute atomic E-state index is 0.147. The smallest absolute Gasteiger partial charge is 0.318 e. The van der Waals surface area contributed by atoms with Gasteiger partial charge in [0.2, 0.25) is 0 Å². The van der Waals surface area contributed by atoms with Gasteiger partial charge in [-0.15, -0.1) is 0 Å². The van der Waals surface area contributed by atoms with Crippen LogP contribution < -0.4 is 33.0 Å². The Morgan fingerprint density at radius 2 is 1.03 bits per heavy atom. The van der Waals surface area contributed by atoms with Crippen LogP contribution in [-0.4, -0.2) is 49.6 Å². The van der Waals surface area contributed by atoms with Gasteiger partial charge in [0.1, 0.15) is 13.3 Å². The van der Waals surface area contributed by atoms with Crippen LogP contribution in [0.3, 0.4) is 0 Å². The Hall–Kier alpha value is -3.68. The molecule has 3 N–H and O–H groups in total. The van der Waals surface area contributed by atoms with Crippen molar-refractivity contribution in [2.24, 2.45) is 15.0 Å². The van der Waals surface area contributed by atoms with Crippen LogP contribution >= 0.6 is 0 Å². The van der Waals surface area contributed by atoms with Gasteiger partial charge in [-0.3, -0.25) is 10.3 Å². The molecule has 1 heterocycles. The van der Waals surface area contributed by atoms with E-state index in [-0.39, 0.29) is 13.3 Å². The van der Waals surface area contributed by atoms with E-state index < -0.39 is 42.5 Å². The lowest BCUT2D eigenvalue weighted by Gasteiger charge is -2.14. The molecular weight excluding hydrogens is 458 g/mol. The van der Waals surface area contributed by atoms with Gasteiger partial charge in [0.25, 0.3) is 0 Å². The zero-order valence-corrected chi connectivity index (χ0v) is 21.2. The van der Waals surface area contributed by atoms with Crippen molar-refractivity contribution >= 4 is 29.2 Å². The molecule has 14 nitrogen and oxygen atoms in total. The van der Waals surface area contributed by atoms with Crippen molar-refractivity contribution in [1.82, 2.24) is 29.7 Å². The normalized spacial score (nSPS) is 12.6. The van der Waals surface area contributed by atoms with Gasteiger partial charge >= 0.3 is 29.1 Å². The number of aromatic nitrogens is 3. The van der Waals surface area contributed by atoms with E-state index in [0.717, 1.165) is 16.7 Å². The molecule has 194 valence electrons. The SMILES string of the molecule is CCC(C)=NCNCn1c(=O)n(CNC(=O)N=C(C)CC)c(=O)n(CNC(=O)N=C(C)CC)c1=O. The summed E-state index contributed by atoms with van der Waals surface area (Å²) in [6, 6.07) is -1.47. The molecule has 0 fully saturated rings. The Bertz CT molecular complexity index is 1100. The monoisotopic (exact) mass is 493 g/mol. The molecule has 1 rings (SSSR count). The van der Waals surface area contributed by atoms with Gasteiger partial charge in [-0.05, 0) is 40.0 Å². The number of carbonyl (C=O) groups is 2. The number of hydrogen-bond acceptors (Lipinski definition) is 7. The average molecular weight is 494 g/mol. The number of nitrogens with one attached hydrogen (secondary N) is 3. The largest absolute Gasteiger partial charge is 0.342 e. The van der Waals surface area contributed by atoms with Crippen LogP contribution in [0.4, 0.5) is 9.59 Å². The van der Waals surface area contributed by atoms with E-state index in [2.05, 4.69) is 30.9 Å². The van der Waals surface area contributed by atoms with E-state index in [1.807, 2.05) is 27.7 Å².